The van der Waals surface area contributed by atoms with E-state index in [4.69, 9.17) is 20.9 Å². The maximum Gasteiger partial charge on any atom is 0.404 e. The quantitative estimate of drug-likeness (QED) is 0.688. The van der Waals surface area contributed by atoms with Crippen molar-refractivity contribution in [3.8, 4) is 0 Å². The summed E-state index contributed by atoms with van der Waals surface area (Å²) in [5, 5.41) is 0. The number of ether oxygens (including phenoxy) is 2. The Morgan fingerprint density at radius 2 is 1.29 bits per heavy atom. The molecule has 0 aliphatic heterocycles. The monoisotopic (exact) mass is 204 g/mol. The molecule has 0 aromatic carbocycles. The largest absolute Gasteiger partial charge is 0.442 e. The average molecular weight is 204 g/mol. The van der Waals surface area contributed by atoms with Crippen LogP contribution in [0, 0.1) is 0 Å². The Kier molecular flexibility index (Phi) is 5.43. The summed E-state index contributed by atoms with van der Waals surface area (Å²) in [7, 11) is 0. The molecule has 6 nitrogen and oxygen atoms in total. The number of hydrogen-bond donors (Lipinski definition) is 2. The summed E-state index contributed by atoms with van der Waals surface area (Å²) in [4.78, 5) is 21.0. The van der Waals surface area contributed by atoms with Crippen molar-refractivity contribution in [1.82, 2.24) is 0 Å². The van der Waals surface area contributed by atoms with E-state index >= 15 is 0 Å². The minimum absolute atomic E-state index is 0.509. The van der Waals surface area contributed by atoms with Crippen molar-refractivity contribution >= 4 is 12.2 Å². The zero-order chi connectivity index (χ0) is 11.1. The highest BCUT2D eigenvalue weighted by Gasteiger charge is 2.24. The van der Waals surface area contributed by atoms with E-state index in [9.17, 15) is 9.59 Å². The number of rotatable bonds is 5. The minimum atomic E-state index is -0.886. The first kappa shape index (κ1) is 12.5. The van der Waals surface area contributed by atoms with Crippen LogP contribution in [-0.4, -0.2) is 24.4 Å². The Labute approximate surface area is 82.5 Å². The van der Waals surface area contributed by atoms with Gasteiger partial charge in [0.25, 0.3) is 0 Å². The zero-order valence-corrected chi connectivity index (χ0v) is 8.36. The van der Waals surface area contributed by atoms with Crippen LogP contribution in [0.1, 0.15) is 26.7 Å². The van der Waals surface area contributed by atoms with Crippen molar-refractivity contribution in [3.05, 3.63) is 0 Å². The first-order valence-corrected chi connectivity index (χ1v) is 4.43. The van der Waals surface area contributed by atoms with Gasteiger partial charge in [0.05, 0.1) is 0 Å². The lowest BCUT2D eigenvalue weighted by atomic mass is 10.1. The maximum absolute atomic E-state index is 10.5. The molecule has 14 heavy (non-hydrogen) atoms. The fourth-order valence-corrected chi connectivity index (χ4v) is 1.14. The van der Waals surface area contributed by atoms with Gasteiger partial charge in [-0.05, 0) is 12.8 Å². The Morgan fingerprint density at radius 1 is 1.00 bits per heavy atom. The lowest BCUT2D eigenvalue weighted by Gasteiger charge is -2.23. The standard InChI is InChI=1S/C8H16N2O4/c1-3-5(13-7(9)11)6(4-2)14-8(10)12/h5-6H,3-4H2,1-2H3,(H2,9,11)(H2,10,12). The van der Waals surface area contributed by atoms with Crippen molar-refractivity contribution < 1.29 is 19.1 Å². The summed E-state index contributed by atoms with van der Waals surface area (Å²) in [5.74, 6) is 0. The normalized spacial score (nSPS) is 14.1. The molecule has 0 saturated carbocycles. The van der Waals surface area contributed by atoms with Crippen LogP contribution in [0.5, 0.6) is 0 Å². The minimum Gasteiger partial charge on any atom is -0.442 e. The number of amides is 2. The Morgan fingerprint density at radius 3 is 1.43 bits per heavy atom. The molecule has 0 radical (unpaired) electrons. The molecule has 0 aliphatic carbocycles. The lowest BCUT2D eigenvalue weighted by Crippen LogP contribution is -2.37. The molecule has 0 heterocycles. The Hall–Kier alpha value is -1.46. The van der Waals surface area contributed by atoms with E-state index in [1.165, 1.54) is 0 Å². The van der Waals surface area contributed by atoms with Gasteiger partial charge in [0.15, 0.2) is 0 Å². The first-order valence-electron chi connectivity index (χ1n) is 4.43. The molecule has 2 atom stereocenters. The van der Waals surface area contributed by atoms with Crippen LogP contribution in [0.15, 0.2) is 0 Å². The smallest absolute Gasteiger partial charge is 0.404 e. The third kappa shape index (κ3) is 4.54. The van der Waals surface area contributed by atoms with Gasteiger partial charge in [-0.3, -0.25) is 0 Å². The number of carbonyl (C=O) groups is 2. The molecule has 82 valence electrons. The highest BCUT2D eigenvalue weighted by atomic mass is 16.6. The molecule has 0 aromatic rings. The summed E-state index contributed by atoms with van der Waals surface area (Å²) in [6, 6.07) is 0. The molecular formula is C8H16N2O4. The highest BCUT2D eigenvalue weighted by molar-refractivity contribution is 5.66. The zero-order valence-electron chi connectivity index (χ0n) is 8.36. The van der Waals surface area contributed by atoms with Crippen molar-refractivity contribution in [3.63, 3.8) is 0 Å². The van der Waals surface area contributed by atoms with E-state index in [0.717, 1.165) is 0 Å². The summed E-state index contributed by atoms with van der Waals surface area (Å²) < 4.78 is 9.52. The maximum atomic E-state index is 10.5. The molecule has 0 spiro atoms. The van der Waals surface area contributed by atoms with Crippen molar-refractivity contribution in [1.29, 1.82) is 0 Å². The second kappa shape index (κ2) is 6.06. The van der Waals surface area contributed by atoms with Crippen molar-refractivity contribution in [2.75, 3.05) is 0 Å². The molecule has 0 fully saturated rings. The lowest BCUT2D eigenvalue weighted by molar-refractivity contribution is -0.00663. The van der Waals surface area contributed by atoms with Crippen molar-refractivity contribution in [2.24, 2.45) is 11.5 Å². The summed E-state index contributed by atoms with van der Waals surface area (Å²) in [6.45, 7) is 3.58. The van der Waals surface area contributed by atoms with Crippen LogP contribution in [0.3, 0.4) is 0 Å². The van der Waals surface area contributed by atoms with E-state index in [1.54, 1.807) is 13.8 Å². The topological polar surface area (TPSA) is 105 Å². The van der Waals surface area contributed by atoms with Crippen LogP contribution in [0.25, 0.3) is 0 Å². The van der Waals surface area contributed by atoms with Crippen LogP contribution >= 0.6 is 0 Å². The van der Waals surface area contributed by atoms with E-state index in [-0.39, 0.29) is 0 Å². The number of carbonyl (C=O) groups excluding carboxylic acids is 2. The van der Waals surface area contributed by atoms with Gasteiger partial charge < -0.3 is 20.9 Å². The fraction of sp³-hybridized carbons (Fsp3) is 0.750. The van der Waals surface area contributed by atoms with E-state index < -0.39 is 24.4 Å². The SMILES string of the molecule is CCC(OC(N)=O)C(CC)OC(N)=O. The summed E-state index contributed by atoms with van der Waals surface area (Å²) in [6.07, 6.45) is -1.83. The van der Waals surface area contributed by atoms with E-state index in [2.05, 4.69) is 0 Å². The van der Waals surface area contributed by atoms with E-state index in [0.29, 0.717) is 12.8 Å². The molecular weight excluding hydrogens is 188 g/mol. The molecule has 6 heteroatoms. The number of primary amides is 2. The predicted molar refractivity (Wildman–Crippen MR) is 49.5 cm³/mol. The third-order valence-corrected chi connectivity index (χ3v) is 1.75. The molecule has 0 saturated heterocycles. The molecule has 0 aromatic heterocycles. The molecule has 0 rings (SSSR count). The second-order valence-corrected chi connectivity index (χ2v) is 2.77. The fourth-order valence-electron chi connectivity index (χ4n) is 1.14. The molecule has 2 amide bonds. The van der Waals surface area contributed by atoms with Gasteiger partial charge in [-0.2, -0.15) is 0 Å². The third-order valence-electron chi connectivity index (χ3n) is 1.75. The number of hydrogen-bond acceptors (Lipinski definition) is 4. The Bertz CT molecular complexity index is 186. The van der Waals surface area contributed by atoms with Crippen LogP contribution in [0.4, 0.5) is 9.59 Å². The second-order valence-electron chi connectivity index (χ2n) is 2.77. The average Bonchev–Trinajstić information content (AvgIpc) is 2.10. The molecule has 4 N–H and O–H groups in total. The number of nitrogens with two attached hydrogens (primary N) is 2. The van der Waals surface area contributed by atoms with Gasteiger partial charge in [-0.15, -0.1) is 0 Å². The van der Waals surface area contributed by atoms with Crippen molar-refractivity contribution in [2.45, 2.75) is 38.9 Å². The van der Waals surface area contributed by atoms with Gasteiger partial charge in [0, 0.05) is 0 Å². The molecule has 0 bridgehead atoms. The van der Waals surface area contributed by atoms with Gasteiger partial charge in [0.1, 0.15) is 12.2 Å². The van der Waals surface area contributed by atoms with Gasteiger partial charge in [-0.25, -0.2) is 9.59 Å². The summed E-state index contributed by atoms with van der Waals surface area (Å²) in [5.41, 5.74) is 9.72. The molecule has 2 unspecified atom stereocenters. The van der Waals surface area contributed by atoms with Gasteiger partial charge >= 0.3 is 12.2 Å². The summed E-state index contributed by atoms with van der Waals surface area (Å²) >= 11 is 0. The van der Waals surface area contributed by atoms with Crippen LogP contribution < -0.4 is 11.5 Å². The van der Waals surface area contributed by atoms with E-state index in [1.807, 2.05) is 0 Å². The Balaban J connectivity index is 4.28. The predicted octanol–water partition coefficient (Wildman–Crippen LogP) is 0.734. The molecule has 0 aliphatic rings. The van der Waals surface area contributed by atoms with Crippen LogP contribution in [-0.2, 0) is 9.47 Å². The van der Waals surface area contributed by atoms with Gasteiger partial charge in [0.2, 0.25) is 0 Å². The first-order chi connectivity index (χ1) is 6.51. The van der Waals surface area contributed by atoms with Crippen LogP contribution in [0.2, 0.25) is 0 Å². The highest BCUT2D eigenvalue weighted by Crippen LogP contribution is 2.11. The van der Waals surface area contributed by atoms with Gasteiger partial charge in [-0.1, -0.05) is 13.8 Å².